The number of hydrogen-bond acceptors (Lipinski definition) is 10. The van der Waals surface area contributed by atoms with Crippen molar-refractivity contribution in [3.63, 3.8) is 0 Å². The number of imidazole rings is 1. The maximum atomic E-state index is 13.2. The molecule has 1 aliphatic rings. The van der Waals surface area contributed by atoms with E-state index in [4.69, 9.17) is 20.6 Å². The number of rotatable bonds is 8. The summed E-state index contributed by atoms with van der Waals surface area (Å²) in [5.74, 6) is 1.11. The van der Waals surface area contributed by atoms with Crippen LogP contribution in [0.1, 0.15) is 0 Å². The minimum Gasteiger partial charge on any atom is -0.484 e. The highest BCUT2D eigenvalue weighted by molar-refractivity contribution is 5.88. The second-order valence-electron chi connectivity index (χ2n) is 9.36. The third-order valence-corrected chi connectivity index (χ3v) is 6.91. The number of hydrogen-bond donors (Lipinski definition) is 2. The minimum atomic E-state index is -0.508. The Morgan fingerprint density at radius 3 is 2.51 bits per heavy atom. The lowest BCUT2D eigenvalue weighted by Crippen LogP contribution is -2.47. The molecule has 1 amide bonds. The summed E-state index contributed by atoms with van der Waals surface area (Å²) in [4.78, 5) is 37.8. The zero-order valence-corrected chi connectivity index (χ0v) is 21.4. The lowest BCUT2D eigenvalue weighted by atomic mass is 10.2. The number of fused-ring (bicyclic) bond motifs is 3. The molecule has 1 fully saturated rings. The first-order valence-corrected chi connectivity index (χ1v) is 12.5. The zero-order chi connectivity index (χ0) is 27.1. The molecule has 0 unspecified atom stereocenters. The number of nitrogen functional groups attached to an aromatic ring is 1. The Bertz CT molecular complexity index is 1690. The number of piperazine rings is 1. The number of furan rings is 1. The summed E-state index contributed by atoms with van der Waals surface area (Å²) in [7, 11) is 1.70. The number of amides is 1. The van der Waals surface area contributed by atoms with Gasteiger partial charge >= 0.3 is 5.69 Å². The van der Waals surface area contributed by atoms with Crippen molar-refractivity contribution >= 4 is 34.4 Å². The number of ether oxygens (including phenoxy) is 1. The van der Waals surface area contributed by atoms with E-state index >= 15 is 0 Å². The van der Waals surface area contributed by atoms with Crippen LogP contribution < -0.4 is 26.8 Å². The van der Waals surface area contributed by atoms with Crippen molar-refractivity contribution in [2.24, 2.45) is 12.8 Å². The van der Waals surface area contributed by atoms with Gasteiger partial charge in [-0.1, -0.05) is 0 Å². The van der Waals surface area contributed by atoms with Crippen molar-refractivity contribution in [2.75, 3.05) is 50.0 Å². The van der Waals surface area contributed by atoms with Gasteiger partial charge in [-0.3, -0.25) is 18.8 Å². The van der Waals surface area contributed by atoms with E-state index in [0.29, 0.717) is 47.2 Å². The molecule has 0 spiro atoms. The van der Waals surface area contributed by atoms with E-state index in [1.807, 2.05) is 24.3 Å². The fourth-order valence-corrected chi connectivity index (χ4v) is 4.88. The van der Waals surface area contributed by atoms with Crippen molar-refractivity contribution in [3.05, 3.63) is 53.1 Å². The molecule has 0 aliphatic carbocycles. The lowest BCUT2D eigenvalue weighted by Gasteiger charge is -2.36. The quantitative estimate of drug-likeness (QED) is 0.284. The van der Waals surface area contributed by atoms with Gasteiger partial charge in [-0.2, -0.15) is 9.50 Å². The van der Waals surface area contributed by atoms with Crippen LogP contribution in [0.25, 0.3) is 28.4 Å². The van der Waals surface area contributed by atoms with E-state index in [0.717, 1.165) is 31.9 Å². The smallest absolute Gasteiger partial charge is 0.330 e. The Morgan fingerprint density at radius 2 is 1.82 bits per heavy atom. The first kappa shape index (κ1) is 24.5. The van der Waals surface area contributed by atoms with Crippen LogP contribution >= 0.6 is 0 Å². The molecule has 1 aromatic carbocycles. The summed E-state index contributed by atoms with van der Waals surface area (Å²) in [5.41, 5.74) is 13.7. The maximum Gasteiger partial charge on any atom is 0.330 e. The molecule has 1 aliphatic heterocycles. The predicted octanol–water partition coefficient (Wildman–Crippen LogP) is 0.306. The lowest BCUT2D eigenvalue weighted by molar-refractivity contribution is -0.119. The fourth-order valence-electron chi connectivity index (χ4n) is 4.88. The van der Waals surface area contributed by atoms with Gasteiger partial charge in [0.1, 0.15) is 11.3 Å². The normalized spacial score (nSPS) is 14.4. The van der Waals surface area contributed by atoms with Gasteiger partial charge in [-0.05, 0) is 36.4 Å². The molecule has 5 heterocycles. The van der Waals surface area contributed by atoms with Gasteiger partial charge in [0.2, 0.25) is 11.8 Å². The summed E-state index contributed by atoms with van der Waals surface area (Å²) >= 11 is 0. The first-order chi connectivity index (χ1) is 18.9. The topological polar surface area (TPSA) is 168 Å². The molecule has 0 saturated carbocycles. The van der Waals surface area contributed by atoms with Gasteiger partial charge < -0.3 is 25.5 Å². The minimum absolute atomic E-state index is 0.141. The van der Waals surface area contributed by atoms with Gasteiger partial charge in [0.25, 0.3) is 5.91 Å². The van der Waals surface area contributed by atoms with E-state index in [2.05, 4.69) is 24.9 Å². The van der Waals surface area contributed by atoms with Crippen LogP contribution in [0.4, 0.5) is 11.6 Å². The van der Waals surface area contributed by atoms with Gasteiger partial charge in [-0.25, -0.2) is 9.78 Å². The highest BCUT2D eigenvalue weighted by Crippen LogP contribution is 2.24. The van der Waals surface area contributed by atoms with Crippen molar-refractivity contribution in [1.82, 2.24) is 33.6 Å². The third kappa shape index (κ3) is 4.54. The molecule has 1 saturated heterocycles. The van der Waals surface area contributed by atoms with E-state index in [9.17, 15) is 9.59 Å². The van der Waals surface area contributed by atoms with Crippen LogP contribution in [0.5, 0.6) is 5.75 Å². The van der Waals surface area contributed by atoms with Gasteiger partial charge in [0.05, 0.1) is 6.26 Å². The number of aromatic nitrogens is 6. The number of anilines is 2. The average Bonchev–Trinajstić information content (AvgIpc) is 3.67. The Kier molecular flexibility index (Phi) is 6.15. The average molecular weight is 533 g/mol. The van der Waals surface area contributed by atoms with Crippen LogP contribution in [0.3, 0.4) is 0 Å². The molecule has 202 valence electrons. The standard InChI is InChI=1S/C25H28N10O4/c1-31-20-22(29-24(27)35-23(20)28-21(30-35)18-3-2-14-38-18)34(25(31)37)13-10-32-8-11-33(12-9-32)16-4-6-17(7-5-16)39-15-19(26)36/h2-7,14H,8-13,15H2,1H3,(H2,26,36)(H2,27,29). The zero-order valence-electron chi connectivity index (χ0n) is 21.4. The Labute approximate surface area is 222 Å². The SMILES string of the molecule is Cn1c(=O)n(CCN2CCN(c3ccc(OCC(N)=O)cc3)CC2)c2nc(N)n3nc(-c4ccco4)nc3c21. The second kappa shape index (κ2) is 9.79. The largest absolute Gasteiger partial charge is 0.484 e. The molecule has 0 radical (unpaired) electrons. The predicted molar refractivity (Wildman–Crippen MR) is 143 cm³/mol. The molecule has 14 nitrogen and oxygen atoms in total. The summed E-state index contributed by atoms with van der Waals surface area (Å²) in [6, 6.07) is 11.1. The second-order valence-corrected chi connectivity index (χ2v) is 9.36. The summed E-state index contributed by atoms with van der Waals surface area (Å²) in [5, 5.41) is 4.42. The number of benzene rings is 1. The number of aryl methyl sites for hydroxylation is 1. The van der Waals surface area contributed by atoms with Crippen molar-refractivity contribution in [2.45, 2.75) is 6.54 Å². The van der Waals surface area contributed by atoms with Crippen LogP contribution in [0.15, 0.2) is 51.9 Å². The molecule has 5 aromatic rings. The fraction of sp³-hybridized carbons (Fsp3) is 0.320. The third-order valence-electron chi connectivity index (χ3n) is 6.91. The van der Waals surface area contributed by atoms with E-state index in [1.54, 1.807) is 30.0 Å². The van der Waals surface area contributed by atoms with Crippen LogP contribution in [0, 0.1) is 0 Å². The monoisotopic (exact) mass is 532 g/mol. The molecule has 4 N–H and O–H groups in total. The van der Waals surface area contributed by atoms with Crippen LogP contribution in [-0.4, -0.2) is 78.9 Å². The van der Waals surface area contributed by atoms with Crippen molar-refractivity contribution < 1.29 is 13.9 Å². The Balaban J connectivity index is 1.15. The number of primary amides is 1. The highest BCUT2D eigenvalue weighted by Gasteiger charge is 2.23. The molecule has 0 bridgehead atoms. The Morgan fingerprint density at radius 1 is 1.05 bits per heavy atom. The molecular formula is C25H28N10O4. The first-order valence-electron chi connectivity index (χ1n) is 12.5. The van der Waals surface area contributed by atoms with E-state index < -0.39 is 5.91 Å². The van der Waals surface area contributed by atoms with E-state index in [1.165, 1.54) is 9.08 Å². The summed E-state index contributed by atoms with van der Waals surface area (Å²) in [6.45, 7) is 4.37. The molecule has 39 heavy (non-hydrogen) atoms. The molecule has 0 atom stereocenters. The molecule has 14 heteroatoms. The maximum absolute atomic E-state index is 13.2. The molecule has 4 aromatic heterocycles. The highest BCUT2D eigenvalue weighted by atomic mass is 16.5. The number of carbonyl (C=O) groups excluding carboxylic acids is 1. The van der Waals surface area contributed by atoms with Crippen molar-refractivity contribution in [3.8, 4) is 17.3 Å². The van der Waals surface area contributed by atoms with Gasteiger partial charge in [0.15, 0.2) is 23.7 Å². The number of nitrogens with zero attached hydrogens (tertiary/aromatic N) is 8. The molecule has 6 rings (SSSR count). The van der Waals surface area contributed by atoms with Crippen LogP contribution in [-0.2, 0) is 18.4 Å². The Hall–Kier alpha value is -4.85. The van der Waals surface area contributed by atoms with Crippen LogP contribution in [0.2, 0.25) is 0 Å². The van der Waals surface area contributed by atoms with Gasteiger partial charge in [0, 0.05) is 52.0 Å². The number of nitrogens with two attached hydrogens (primary N) is 2. The molecular weight excluding hydrogens is 504 g/mol. The van der Waals surface area contributed by atoms with E-state index in [-0.39, 0.29) is 18.2 Å². The number of carbonyl (C=O) groups is 1. The summed E-state index contributed by atoms with van der Waals surface area (Å²) < 4.78 is 15.4. The van der Waals surface area contributed by atoms with Gasteiger partial charge in [-0.15, -0.1) is 5.10 Å². The van der Waals surface area contributed by atoms with Crippen molar-refractivity contribution in [1.29, 1.82) is 0 Å². The summed E-state index contributed by atoms with van der Waals surface area (Å²) in [6.07, 6.45) is 1.55.